The van der Waals surface area contributed by atoms with Crippen LogP contribution in [-0.2, 0) is 10.1 Å². The van der Waals surface area contributed by atoms with Crippen LogP contribution >= 0.6 is 11.8 Å². The molecular formula is C38H45NaO8S2. The number of rotatable bonds is 19. The summed E-state index contributed by atoms with van der Waals surface area (Å²) in [6.45, 7) is 2.90. The van der Waals surface area contributed by atoms with Gasteiger partial charge in [-0.2, -0.15) is 0 Å². The van der Waals surface area contributed by atoms with Crippen LogP contribution in [0, 0.1) is 0 Å². The van der Waals surface area contributed by atoms with Gasteiger partial charge in [-0.25, -0.2) is 8.42 Å². The Morgan fingerprint density at radius 3 is 2.24 bits per heavy atom. The van der Waals surface area contributed by atoms with E-state index in [0.29, 0.717) is 51.5 Å². The summed E-state index contributed by atoms with van der Waals surface area (Å²) in [5.74, 6) is 1.16. The zero-order chi connectivity index (χ0) is 34.5. The molecule has 8 nitrogen and oxygen atoms in total. The van der Waals surface area contributed by atoms with Gasteiger partial charge in [0.15, 0.2) is 0 Å². The molecule has 4 rings (SSSR count). The van der Waals surface area contributed by atoms with Crippen molar-refractivity contribution in [2.75, 3.05) is 20.3 Å². The second kappa shape index (κ2) is 20.5. The number of aliphatic hydroxyl groups is 3. The van der Waals surface area contributed by atoms with Crippen molar-refractivity contribution in [3.05, 3.63) is 102 Å². The Hall–Kier alpha value is -2.38. The summed E-state index contributed by atoms with van der Waals surface area (Å²) in [5.41, 5.74) is 2.60. The van der Waals surface area contributed by atoms with E-state index in [9.17, 15) is 23.2 Å². The number of benzene rings is 4. The number of methoxy groups -OCH3 is 1. The van der Waals surface area contributed by atoms with Gasteiger partial charge in [0.1, 0.15) is 27.7 Å². The van der Waals surface area contributed by atoms with Crippen molar-refractivity contribution in [2.45, 2.75) is 85.2 Å². The molecule has 0 fully saturated rings. The van der Waals surface area contributed by atoms with E-state index in [4.69, 9.17) is 14.6 Å². The molecule has 2 atom stereocenters. The van der Waals surface area contributed by atoms with Crippen LogP contribution in [0.15, 0.2) is 99.6 Å². The molecule has 258 valence electrons. The topological polar surface area (TPSA) is 136 Å². The van der Waals surface area contributed by atoms with Crippen LogP contribution in [0.2, 0.25) is 0 Å². The SMILES string of the molecule is CCCCOc1ccc(Sc2ccc(-c3ccccc3C(O)c3cc(C(O)CCCCCCCO)ccc3OC)cc2S(=O)(=O)[O-])cc1.[Na+]. The van der Waals surface area contributed by atoms with E-state index >= 15 is 0 Å². The van der Waals surface area contributed by atoms with E-state index in [1.807, 2.05) is 24.3 Å². The summed E-state index contributed by atoms with van der Waals surface area (Å²) < 4.78 is 48.8. The van der Waals surface area contributed by atoms with Crippen molar-refractivity contribution in [1.29, 1.82) is 0 Å². The maximum Gasteiger partial charge on any atom is 1.00 e. The Morgan fingerprint density at radius 1 is 0.837 bits per heavy atom. The molecule has 0 saturated carbocycles. The number of hydrogen-bond acceptors (Lipinski definition) is 9. The molecule has 0 amide bonds. The molecule has 0 heterocycles. The van der Waals surface area contributed by atoms with Crippen molar-refractivity contribution in [3.63, 3.8) is 0 Å². The van der Waals surface area contributed by atoms with Gasteiger partial charge in [0.25, 0.3) is 0 Å². The van der Waals surface area contributed by atoms with Crippen LogP contribution in [0.5, 0.6) is 11.5 Å². The normalized spacial score (nSPS) is 12.6. The third-order valence-electron chi connectivity index (χ3n) is 8.17. The van der Waals surface area contributed by atoms with Gasteiger partial charge in [-0.3, -0.25) is 0 Å². The maximum atomic E-state index is 12.5. The molecular weight excluding hydrogens is 672 g/mol. The van der Waals surface area contributed by atoms with Crippen LogP contribution in [0.3, 0.4) is 0 Å². The minimum atomic E-state index is -4.85. The number of aliphatic hydroxyl groups excluding tert-OH is 3. The zero-order valence-electron chi connectivity index (χ0n) is 28.5. The molecule has 11 heteroatoms. The molecule has 0 spiro atoms. The molecule has 0 bridgehead atoms. The first kappa shape index (κ1) is 41.0. The standard InChI is InChI=1S/C38H46O8S2.Na/c1-3-4-24-46-29-17-19-30(20-18-29)47-36-22-16-27(26-37(36)48(42,43)44)31-12-9-10-13-32(31)38(41)33-25-28(15-21-35(33)45-2)34(40)14-8-6-5-7-11-23-39;/h9-10,12-13,15-22,25-26,34,38-41H,3-8,11,14,23-24H2,1-2H3,(H,42,43,44);/q;+1/p-1. The molecule has 0 aliphatic carbocycles. The molecule has 0 aliphatic rings. The van der Waals surface area contributed by atoms with E-state index in [-0.39, 0.29) is 41.1 Å². The van der Waals surface area contributed by atoms with Crippen LogP contribution in [-0.4, -0.2) is 48.6 Å². The predicted molar refractivity (Wildman–Crippen MR) is 188 cm³/mol. The third-order valence-corrected chi connectivity index (χ3v) is 10.3. The Balaban J connectivity index is 0.00000650. The quantitative estimate of drug-likeness (QED) is 0.0692. The van der Waals surface area contributed by atoms with Crippen molar-refractivity contribution < 1.29 is 67.3 Å². The van der Waals surface area contributed by atoms with E-state index in [0.717, 1.165) is 55.6 Å². The van der Waals surface area contributed by atoms with E-state index in [2.05, 4.69) is 6.92 Å². The van der Waals surface area contributed by atoms with Crippen LogP contribution in [0.25, 0.3) is 11.1 Å². The van der Waals surface area contributed by atoms with Gasteiger partial charge >= 0.3 is 29.6 Å². The molecule has 4 aromatic rings. The fraction of sp³-hybridized carbons (Fsp3) is 0.368. The van der Waals surface area contributed by atoms with Crippen LogP contribution in [0.1, 0.15) is 87.2 Å². The summed E-state index contributed by atoms with van der Waals surface area (Å²) in [4.78, 5) is 0.696. The molecule has 4 aromatic carbocycles. The number of hydrogen-bond donors (Lipinski definition) is 3. The van der Waals surface area contributed by atoms with Gasteiger partial charge in [-0.05, 0) is 90.0 Å². The molecule has 3 N–H and O–H groups in total. The van der Waals surface area contributed by atoms with Crippen molar-refractivity contribution in [1.82, 2.24) is 0 Å². The Kier molecular flexibility index (Phi) is 17.1. The first-order valence-corrected chi connectivity index (χ1v) is 18.6. The Bertz CT molecular complexity index is 1710. The molecule has 0 aliphatic heterocycles. The summed E-state index contributed by atoms with van der Waals surface area (Å²) in [6.07, 6.45) is 5.15. The van der Waals surface area contributed by atoms with Crippen LogP contribution < -0.4 is 39.0 Å². The fourth-order valence-electron chi connectivity index (χ4n) is 5.51. The molecule has 0 radical (unpaired) electrons. The first-order valence-electron chi connectivity index (χ1n) is 16.4. The number of unbranched alkanes of at least 4 members (excludes halogenated alkanes) is 5. The zero-order valence-corrected chi connectivity index (χ0v) is 32.1. The van der Waals surface area contributed by atoms with Gasteiger partial charge in [0.05, 0.1) is 24.7 Å². The largest absolute Gasteiger partial charge is 1.00 e. The van der Waals surface area contributed by atoms with Crippen molar-refractivity contribution in [2.24, 2.45) is 0 Å². The van der Waals surface area contributed by atoms with E-state index in [1.165, 1.54) is 24.9 Å². The monoisotopic (exact) mass is 716 g/mol. The molecule has 49 heavy (non-hydrogen) atoms. The minimum Gasteiger partial charge on any atom is -0.744 e. The van der Waals surface area contributed by atoms with Gasteiger partial charge in [-0.15, -0.1) is 0 Å². The van der Waals surface area contributed by atoms with Crippen LogP contribution in [0.4, 0.5) is 0 Å². The molecule has 0 aromatic heterocycles. The summed E-state index contributed by atoms with van der Waals surface area (Å²) >= 11 is 1.17. The second-order valence-electron chi connectivity index (χ2n) is 11.7. The predicted octanol–water partition coefficient (Wildman–Crippen LogP) is 5.05. The van der Waals surface area contributed by atoms with Gasteiger partial charge in [-0.1, -0.05) is 87.2 Å². The Morgan fingerprint density at radius 2 is 1.55 bits per heavy atom. The summed E-state index contributed by atoms with van der Waals surface area (Å²) in [7, 11) is -3.34. The average Bonchev–Trinajstić information content (AvgIpc) is 3.09. The second-order valence-corrected chi connectivity index (χ2v) is 14.1. The summed E-state index contributed by atoms with van der Waals surface area (Å²) in [5, 5.41) is 31.6. The van der Waals surface area contributed by atoms with Crippen molar-refractivity contribution >= 4 is 21.9 Å². The maximum absolute atomic E-state index is 12.5. The third kappa shape index (κ3) is 11.8. The summed E-state index contributed by atoms with van der Waals surface area (Å²) in [6, 6.07) is 24.3. The van der Waals surface area contributed by atoms with E-state index < -0.39 is 22.3 Å². The molecule has 2 unspecified atom stereocenters. The van der Waals surface area contributed by atoms with Gasteiger partial charge in [0, 0.05) is 22.0 Å². The number of ether oxygens (including phenoxy) is 2. The molecule has 0 saturated heterocycles. The Labute approximate surface area is 316 Å². The van der Waals surface area contributed by atoms with Gasteiger partial charge < -0.3 is 29.3 Å². The smallest absolute Gasteiger partial charge is 0.744 e. The minimum absolute atomic E-state index is 0. The fourth-order valence-corrected chi connectivity index (χ4v) is 7.35. The van der Waals surface area contributed by atoms with Crippen molar-refractivity contribution in [3.8, 4) is 22.6 Å². The average molecular weight is 717 g/mol. The van der Waals surface area contributed by atoms with E-state index in [1.54, 1.807) is 54.6 Å². The first-order chi connectivity index (χ1) is 23.2. The van der Waals surface area contributed by atoms with Gasteiger partial charge in [0.2, 0.25) is 0 Å².